The molecule has 0 unspecified atom stereocenters. The van der Waals surface area contributed by atoms with Gasteiger partial charge in [-0.15, -0.1) is 0 Å². The van der Waals surface area contributed by atoms with Gasteiger partial charge >= 0.3 is 0 Å². The molecule has 0 radical (unpaired) electrons. The molecule has 0 saturated carbocycles. The fourth-order valence-electron chi connectivity index (χ4n) is 1.65. The van der Waals surface area contributed by atoms with Gasteiger partial charge in [0.1, 0.15) is 0 Å². The van der Waals surface area contributed by atoms with E-state index in [9.17, 15) is 0 Å². The second kappa shape index (κ2) is 10.9. The van der Waals surface area contributed by atoms with Crippen LogP contribution in [0.2, 0.25) is 0 Å². The van der Waals surface area contributed by atoms with E-state index in [1.807, 2.05) is 53.1 Å². The lowest BCUT2D eigenvalue weighted by Gasteiger charge is -2.22. The average molecular weight is 316 g/mol. The molecule has 2 aromatic rings. The minimum Gasteiger partial charge on any atom is -0.378 e. The molecule has 2 heterocycles. The first-order chi connectivity index (χ1) is 10.8. The van der Waals surface area contributed by atoms with Gasteiger partial charge in [0.25, 0.3) is 0 Å². The van der Waals surface area contributed by atoms with Crippen LogP contribution in [0.5, 0.6) is 0 Å². The molecule has 128 valence electrons. The molecule has 0 N–H and O–H groups in total. The zero-order valence-electron chi connectivity index (χ0n) is 16.0. The normalized spacial score (nSPS) is 10.1. The minimum absolute atomic E-state index is 0.123. The van der Waals surface area contributed by atoms with Gasteiger partial charge in [-0.05, 0) is 57.9 Å². The molecule has 0 aliphatic carbocycles. The van der Waals surface area contributed by atoms with Gasteiger partial charge in [-0.25, -0.2) is 0 Å². The minimum atomic E-state index is -0.123. The number of hydrogen-bond acceptors (Lipinski definition) is 3. The van der Waals surface area contributed by atoms with Crippen LogP contribution in [-0.4, -0.2) is 22.7 Å². The fourth-order valence-corrected chi connectivity index (χ4v) is 1.65. The van der Waals surface area contributed by atoms with Crippen molar-refractivity contribution >= 4 is 0 Å². The molecule has 0 bridgehead atoms. The SMILES string of the molecule is CC.COC(C)(C)Cc1ccc(C)cn1.Cc1ccc(C)nc1. The number of aromatic nitrogens is 2. The van der Waals surface area contributed by atoms with Crippen molar-refractivity contribution in [1.82, 2.24) is 9.97 Å². The Labute approximate surface area is 142 Å². The Morgan fingerprint density at radius 2 is 1.39 bits per heavy atom. The van der Waals surface area contributed by atoms with E-state index in [0.29, 0.717) is 0 Å². The summed E-state index contributed by atoms with van der Waals surface area (Å²) in [4.78, 5) is 8.41. The van der Waals surface area contributed by atoms with Gasteiger partial charge in [-0.2, -0.15) is 0 Å². The largest absolute Gasteiger partial charge is 0.378 e. The van der Waals surface area contributed by atoms with E-state index in [4.69, 9.17) is 4.74 Å². The van der Waals surface area contributed by atoms with Crippen LogP contribution in [-0.2, 0) is 11.2 Å². The van der Waals surface area contributed by atoms with Crippen LogP contribution < -0.4 is 0 Å². The van der Waals surface area contributed by atoms with E-state index in [0.717, 1.165) is 17.8 Å². The van der Waals surface area contributed by atoms with E-state index in [1.165, 1.54) is 11.1 Å². The summed E-state index contributed by atoms with van der Waals surface area (Å²) in [6.07, 6.45) is 4.61. The highest BCUT2D eigenvalue weighted by Gasteiger charge is 2.17. The number of rotatable bonds is 3. The van der Waals surface area contributed by atoms with Crippen molar-refractivity contribution < 1.29 is 4.74 Å². The lowest BCUT2D eigenvalue weighted by molar-refractivity contribution is 0.0224. The second-order valence-corrected chi connectivity index (χ2v) is 5.94. The van der Waals surface area contributed by atoms with Crippen molar-refractivity contribution in [1.29, 1.82) is 0 Å². The maximum Gasteiger partial charge on any atom is 0.0677 e. The average Bonchev–Trinajstić information content (AvgIpc) is 2.55. The molecule has 0 aromatic carbocycles. The predicted molar refractivity (Wildman–Crippen MR) is 98.8 cm³/mol. The summed E-state index contributed by atoms with van der Waals surface area (Å²) in [7, 11) is 1.73. The van der Waals surface area contributed by atoms with Gasteiger partial charge in [0, 0.05) is 37.3 Å². The summed E-state index contributed by atoms with van der Waals surface area (Å²) in [5.41, 5.74) is 4.45. The molecule has 3 nitrogen and oxygen atoms in total. The molecular formula is C20H32N2O. The summed E-state index contributed by atoms with van der Waals surface area (Å²) in [5, 5.41) is 0. The predicted octanol–water partition coefficient (Wildman–Crippen LogP) is 5.08. The van der Waals surface area contributed by atoms with E-state index >= 15 is 0 Å². The van der Waals surface area contributed by atoms with Crippen molar-refractivity contribution in [2.75, 3.05) is 7.11 Å². The Hall–Kier alpha value is -1.74. The van der Waals surface area contributed by atoms with Gasteiger partial charge in [-0.1, -0.05) is 26.0 Å². The van der Waals surface area contributed by atoms with Crippen LogP contribution in [0.25, 0.3) is 0 Å². The fraction of sp³-hybridized carbons (Fsp3) is 0.500. The second-order valence-electron chi connectivity index (χ2n) is 5.94. The molecule has 0 aliphatic rings. The van der Waals surface area contributed by atoms with E-state index in [-0.39, 0.29) is 5.60 Å². The van der Waals surface area contributed by atoms with Gasteiger partial charge in [0.05, 0.1) is 5.60 Å². The molecule has 0 fully saturated rings. The third-order valence-electron chi connectivity index (χ3n) is 3.19. The Bertz CT molecular complexity index is 510. The molecule has 0 saturated heterocycles. The molecule has 3 heteroatoms. The summed E-state index contributed by atoms with van der Waals surface area (Å²) < 4.78 is 5.33. The third kappa shape index (κ3) is 9.80. The number of ether oxygens (including phenoxy) is 1. The molecular weight excluding hydrogens is 284 g/mol. The summed E-state index contributed by atoms with van der Waals surface area (Å²) in [5.74, 6) is 0. The molecule has 0 amide bonds. The Balaban J connectivity index is 0.000000414. The van der Waals surface area contributed by atoms with E-state index in [2.05, 4.69) is 42.0 Å². The highest BCUT2D eigenvalue weighted by molar-refractivity contribution is 5.13. The summed E-state index contributed by atoms with van der Waals surface area (Å²) >= 11 is 0. The molecule has 2 rings (SSSR count). The number of aryl methyl sites for hydroxylation is 3. The van der Waals surface area contributed by atoms with Crippen LogP contribution in [0.4, 0.5) is 0 Å². The zero-order valence-corrected chi connectivity index (χ0v) is 16.0. The van der Waals surface area contributed by atoms with Crippen molar-refractivity contribution in [2.45, 2.75) is 60.5 Å². The van der Waals surface area contributed by atoms with E-state index in [1.54, 1.807) is 7.11 Å². The van der Waals surface area contributed by atoms with Gasteiger partial charge in [0.15, 0.2) is 0 Å². The maximum atomic E-state index is 5.33. The topological polar surface area (TPSA) is 35.0 Å². The quantitative estimate of drug-likeness (QED) is 0.792. The number of pyridine rings is 2. The highest BCUT2D eigenvalue weighted by atomic mass is 16.5. The van der Waals surface area contributed by atoms with Crippen LogP contribution in [0.3, 0.4) is 0 Å². The maximum absolute atomic E-state index is 5.33. The molecule has 0 spiro atoms. The monoisotopic (exact) mass is 316 g/mol. The van der Waals surface area contributed by atoms with Crippen LogP contribution in [0, 0.1) is 20.8 Å². The van der Waals surface area contributed by atoms with Gasteiger partial charge in [-0.3, -0.25) is 9.97 Å². The van der Waals surface area contributed by atoms with Gasteiger partial charge < -0.3 is 4.74 Å². The molecule has 23 heavy (non-hydrogen) atoms. The van der Waals surface area contributed by atoms with Crippen molar-refractivity contribution in [3.63, 3.8) is 0 Å². The molecule has 2 aromatic heterocycles. The number of hydrogen-bond donors (Lipinski definition) is 0. The highest BCUT2D eigenvalue weighted by Crippen LogP contribution is 2.14. The van der Waals surface area contributed by atoms with Crippen LogP contribution in [0.15, 0.2) is 36.7 Å². The summed E-state index contributed by atoms with van der Waals surface area (Å²) in [6.45, 7) is 14.2. The number of methoxy groups -OCH3 is 1. The molecule has 0 atom stereocenters. The Morgan fingerprint density at radius 1 is 0.870 bits per heavy atom. The van der Waals surface area contributed by atoms with Crippen molar-refractivity contribution in [2.24, 2.45) is 0 Å². The first-order valence-electron chi connectivity index (χ1n) is 8.18. The molecule has 0 aliphatic heterocycles. The first-order valence-corrected chi connectivity index (χ1v) is 8.18. The number of nitrogens with zero attached hydrogens (tertiary/aromatic N) is 2. The van der Waals surface area contributed by atoms with Crippen molar-refractivity contribution in [3.05, 3.63) is 59.2 Å². The Morgan fingerprint density at radius 3 is 1.74 bits per heavy atom. The lowest BCUT2D eigenvalue weighted by atomic mass is 10.0. The summed E-state index contributed by atoms with van der Waals surface area (Å²) in [6, 6.07) is 8.20. The van der Waals surface area contributed by atoms with Crippen LogP contribution in [0.1, 0.15) is 50.2 Å². The van der Waals surface area contributed by atoms with E-state index < -0.39 is 0 Å². The lowest BCUT2D eigenvalue weighted by Crippen LogP contribution is -2.25. The first kappa shape index (κ1) is 21.3. The Kier molecular flexibility index (Phi) is 10.1. The smallest absolute Gasteiger partial charge is 0.0677 e. The van der Waals surface area contributed by atoms with Gasteiger partial charge in [0.2, 0.25) is 0 Å². The van der Waals surface area contributed by atoms with Crippen LogP contribution >= 0.6 is 0 Å². The zero-order chi connectivity index (χ0) is 17.9. The van der Waals surface area contributed by atoms with Crippen molar-refractivity contribution in [3.8, 4) is 0 Å². The third-order valence-corrected chi connectivity index (χ3v) is 3.19. The standard InChI is InChI=1S/C11H17NO.C7H9N.C2H6/c1-9-5-6-10(12-8-9)7-11(2,3)13-4;1-6-3-4-7(2)8-5-6;1-2/h5-6,8H,7H2,1-4H3;3-5H,1-2H3;1-2H3.